The Balaban J connectivity index is 1.72. The van der Waals surface area contributed by atoms with Crippen molar-refractivity contribution < 1.29 is 4.79 Å². The summed E-state index contributed by atoms with van der Waals surface area (Å²) in [5.74, 6) is 0.0254. The highest BCUT2D eigenvalue weighted by molar-refractivity contribution is 7.99. The number of benzene rings is 2. The van der Waals surface area contributed by atoms with Gasteiger partial charge in [0.05, 0.1) is 16.8 Å². The van der Waals surface area contributed by atoms with Gasteiger partial charge in [0.15, 0.2) is 5.16 Å². The van der Waals surface area contributed by atoms with E-state index < -0.39 is 0 Å². The summed E-state index contributed by atoms with van der Waals surface area (Å²) >= 11 is 2.84. The third kappa shape index (κ3) is 4.61. The highest BCUT2D eigenvalue weighted by Gasteiger charge is 2.19. The maximum absolute atomic E-state index is 13.6. The number of aromatic nitrogens is 2. The van der Waals surface area contributed by atoms with E-state index in [-0.39, 0.29) is 17.2 Å². The van der Waals surface area contributed by atoms with Crippen LogP contribution in [0.1, 0.15) is 34.1 Å². The van der Waals surface area contributed by atoms with Crippen molar-refractivity contribution in [1.82, 2.24) is 9.55 Å². The van der Waals surface area contributed by atoms with E-state index in [0.717, 1.165) is 44.9 Å². The topological polar surface area (TPSA) is 64.0 Å². The molecule has 4 aromatic rings. The number of thiophene rings is 1. The molecule has 0 unspecified atom stereocenters. The van der Waals surface area contributed by atoms with Gasteiger partial charge in [0, 0.05) is 10.6 Å². The van der Waals surface area contributed by atoms with Crippen LogP contribution in [0.2, 0.25) is 0 Å². The lowest BCUT2D eigenvalue weighted by Gasteiger charge is -2.13. The Morgan fingerprint density at radius 1 is 1.06 bits per heavy atom. The van der Waals surface area contributed by atoms with Crippen molar-refractivity contribution in [1.29, 1.82) is 0 Å². The van der Waals surface area contributed by atoms with Crippen LogP contribution in [0.3, 0.4) is 0 Å². The molecule has 0 aliphatic heterocycles. The molecule has 0 radical (unpaired) electrons. The fourth-order valence-electron chi connectivity index (χ4n) is 3.77. The Labute approximate surface area is 201 Å². The lowest BCUT2D eigenvalue weighted by molar-refractivity contribution is -0.113. The number of hydrogen-bond donors (Lipinski definition) is 1. The van der Waals surface area contributed by atoms with E-state index in [4.69, 9.17) is 4.98 Å². The summed E-state index contributed by atoms with van der Waals surface area (Å²) in [7, 11) is 0. The number of carbonyl (C=O) groups is 1. The lowest BCUT2D eigenvalue weighted by Crippen LogP contribution is -2.23. The van der Waals surface area contributed by atoms with Crippen molar-refractivity contribution in [2.45, 2.75) is 46.2 Å². The summed E-state index contributed by atoms with van der Waals surface area (Å²) in [4.78, 5) is 33.1. The zero-order chi connectivity index (χ0) is 23.7. The van der Waals surface area contributed by atoms with Crippen LogP contribution in [0, 0.1) is 27.7 Å². The maximum atomic E-state index is 13.6. The number of rotatable bonds is 6. The van der Waals surface area contributed by atoms with Crippen molar-refractivity contribution in [3.8, 4) is 5.69 Å². The zero-order valence-electron chi connectivity index (χ0n) is 19.5. The summed E-state index contributed by atoms with van der Waals surface area (Å²) < 4.78 is 1.64. The Bertz CT molecular complexity index is 1400. The van der Waals surface area contributed by atoms with Crippen LogP contribution < -0.4 is 10.9 Å². The molecule has 1 N–H and O–H groups in total. The zero-order valence-corrected chi connectivity index (χ0v) is 21.1. The second kappa shape index (κ2) is 9.53. The number of nitrogens with zero attached hydrogens (tertiary/aromatic N) is 2. The Kier molecular flexibility index (Phi) is 6.72. The van der Waals surface area contributed by atoms with Crippen LogP contribution in [0.4, 0.5) is 5.69 Å². The second-order valence-electron chi connectivity index (χ2n) is 8.14. The van der Waals surface area contributed by atoms with E-state index in [1.807, 2.05) is 70.2 Å². The molecule has 5 nitrogen and oxygen atoms in total. The summed E-state index contributed by atoms with van der Waals surface area (Å²) in [6.45, 7) is 10.1. The van der Waals surface area contributed by atoms with Gasteiger partial charge in [0.25, 0.3) is 5.56 Å². The average Bonchev–Trinajstić information content (AvgIpc) is 3.12. The highest BCUT2D eigenvalue weighted by Crippen LogP contribution is 2.30. The first-order chi connectivity index (χ1) is 15.8. The third-order valence-electron chi connectivity index (χ3n) is 5.86. The Morgan fingerprint density at radius 2 is 1.79 bits per heavy atom. The molecule has 7 heteroatoms. The van der Waals surface area contributed by atoms with Crippen LogP contribution in [0.25, 0.3) is 15.9 Å². The average molecular weight is 478 g/mol. The molecule has 0 saturated heterocycles. The normalized spacial score (nSPS) is 11.2. The molecule has 2 heterocycles. The minimum absolute atomic E-state index is 0.0882. The highest BCUT2D eigenvalue weighted by atomic mass is 32.2. The number of anilines is 1. The summed E-state index contributed by atoms with van der Waals surface area (Å²) in [6, 6.07) is 13.7. The predicted molar refractivity (Wildman–Crippen MR) is 139 cm³/mol. The van der Waals surface area contributed by atoms with E-state index in [1.54, 1.807) is 15.9 Å². The second-order valence-corrected chi connectivity index (χ2v) is 10.2. The van der Waals surface area contributed by atoms with Gasteiger partial charge in [-0.05, 0) is 69.0 Å². The van der Waals surface area contributed by atoms with Gasteiger partial charge in [-0.3, -0.25) is 14.2 Å². The van der Waals surface area contributed by atoms with Crippen LogP contribution in [0.5, 0.6) is 0 Å². The number of carbonyl (C=O) groups excluding carboxylic acids is 1. The van der Waals surface area contributed by atoms with Gasteiger partial charge in [0.2, 0.25) is 5.91 Å². The van der Waals surface area contributed by atoms with E-state index >= 15 is 0 Å². The first-order valence-corrected chi connectivity index (χ1v) is 12.7. The number of amides is 1. The fraction of sp³-hybridized carbons (Fsp3) is 0.269. The maximum Gasteiger partial charge on any atom is 0.267 e. The first-order valence-electron chi connectivity index (χ1n) is 10.9. The lowest BCUT2D eigenvalue weighted by atomic mass is 10.1. The van der Waals surface area contributed by atoms with Gasteiger partial charge < -0.3 is 5.32 Å². The monoisotopic (exact) mass is 477 g/mol. The van der Waals surface area contributed by atoms with Crippen molar-refractivity contribution in [2.24, 2.45) is 0 Å². The molecule has 0 fully saturated rings. The molecule has 0 aliphatic rings. The van der Waals surface area contributed by atoms with Gasteiger partial charge in [-0.15, -0.1) is 11.3 Å². The smallest absolute Gasteiger partial charge is 0.267 e. The summed E-state index contributed by atoms with van der Waals surface area (Å²) in [5.41, 5.74) is 5.76. The molecule has 1 amide bonds. The van der Waals surface area contributed by atoms with Gasteiger partial charge in [-0.2, -0.15) is 0 Å². The van der Waals surface area contributed by atoms with E-state index in [1.165, 1.54) is 16.6 Å². The summed E-state index contributed by atoms with van der Waals surface area (Å²) in [5, 5.41) is 4.18. The number of fused-ring (bicyclic) bond motifs is 1. The minimum Gasteiger partial charge on any atom is -0.325 e. The third-order valence-corrected chi connectivity index (χ3v) is 8.13. The SMILES string of the molecule is CCc1sc2nc(SCC(=O)Nc3cccc(C)c3C)n(-c3ccc(C)cc3)c(=O)c2c1C. The quantitative estimate of drug-likeness (QED) is 0.274. The standard InChI is InChI=1S/C26H27N3O2S2/c1-6-21-18(5)23-24(33-21)28-26(29(25(23)31)19-12-10-15(2)11-13-19)32-14-22(30)27-20-9-7-8-16(3)17(20)4/h7-13H,6,14H2,1-5H3,(H,27,30). The molecule has 0 bridgehead atoms. The molecule has 2 aromatic heterocycles. The minimum atomic E-state index is -0.130. The Morgan fingerprint density at radius 3 is 2.48 bits per heavy atom. The van der Waals surface area contributed by atoms with Crippen molar-refractivity contribution in [3.63, 3.8) is 0 Å². The first kappa shape index (κ1) is 23.3. The molecular formula is C26H27N3O2S2. The Hall–Kier alpha value is -2.90. The molecule has 0 atom stereocenters. The van der Waals surface area contributed by atoms with Crippen LogP contribution in [0.15, 0.2) is 52.4 Å². The van der Waals surface area contributed by atoms with Crippen molar-refractivity contribution in [2.75, 3.05) is 11.1 Å². The van der Waals surface area contributed by atoms with Crippen LogP contribution >= 0.6 is 23.1 Å². The van der Waals surface area contributed by atoms with Gasteiger partial charge in [0.1, 0.15) is 4.83 Å². The molecule has 170 valence electrons. The van der Waals surface area contributed by atoms with Gasteiger partial charge >= 0.3 is 0 Å². The number of thioether (sulfide) groups is 1. The molecule has 0 spiro atoms. The molecule has 33 heavy (non-hydrogen) atoms. The van der Waals surface area contributed by atoms with Crippen LogP contribution in [-0.2, 0) is 11.2 Å². The summed E-state index contributed by atoms with van der Waals surface area (Å²) in [6.07, 6.45) is 0.859. The largest absolute Gasteiger partial charge is 0.325 e. The number of hydrogen-bond acceptors (Lipinski definition) is 5. The number of nitrogens with one attached hydrogen (secondary N) is 1. The molecular weight excluding hydrogens is 450 g/mol. The van der Waals surface area contributed by atoms with Crippen LogP contribution in [-0.4, -0.2) is 21.2 Å². The predicted octanol–water partition coefficient (Wildman–Crippen LogP) is 5.97. The molecule has 0 aliphatic carbocycles. The van der Waals surface area contributed by atoms with Crippen molar-refractivity contribution in [3.05, 3.63) is 79.9 Å². The molecule has 4 rings (SSSR count). The van der Waals surface area contributed by atoms with E-state index in [0.29, 0.717) is 10.5 Å². The molecule has 2 aromatic carbocycles. The van der Waals surface area contributed by atoms with Gasteiger partial charge in [-0.25, -0.2) is 4.98 Å². The van der Waals surface area contributed by atoms with Crippen molar-refractivity contribution >= 4 is 44.9 Å². The van der Waals surface area contributed by atoms with Gasteiger partial charge in [-0.1, -0.05) is 48.5 Å². The van der Waals surface area contributed by atoms with E-state index in [2.05, 4.69) is 12.2 Å². The number of aryl methyl sites for hydroxylation is 4. The van der Waals surface area contributed by atoms with E-state index in [9.17, 15) is 9.59 Å². The molecule has 0 saturated carbocycles. The fourth-order valence-corrected chi connectivity index (χ4v) is 5.74.